The maximum atomic E-state index is 4.98. The Morgan fingerprint density at radius 1 is 0.367 bits per heavy atom. The highest BCUT2D eigenvalue weighted by molar-refractivity contribution is 6.11. The molecule has 0 saturated carbocycles. The van der Waals surface area contributed by atoms with E-state index in [9.17, 15) is 0 Å². The van der Waals surface area contributed by atoms with Gasteiger partial charge >= 0.3 is 0 Å². The summed E-state index contributed by atoms with van der Waals surface area (Å²) in [6, 6.07) is 60.9. The Hall–Kier alpha value is -6.65. The Balaban J connectivity index is 1.44. The minimum absolute atomic E-state index is 0.886. The number of para-hydroxylation sites is 4. The van der Waals surface area contributed by atoms with E-state index in [1.807, 2.05) is 6.20 Å². The van der Waals surface area contributed by atoms with Crippen LogP contribution in [0.25, 0.3) is 83.2 Å². The number of benzene rings is 7. The lowest BCUT2D eigenvalue weighted by atomic mass is 10.0. The van der Waals surface area contributed by atoms with Crippen molar-refractivity contribution in [2.24, 2.45) is 0 Å². The van der Waals surface area contributed by atoms with Gasteiger partial charge in [-0.05, 0) is 47.5 Å². The molecule has 0 bridgehead atoms. The molecule has 0 aliphatic carbocycles. The van der Waals surface area contributed by atoms with Gasteiger partial charge < -0.3 is 9.13 Å². The third-order valence-corrected chi connectivity index (χ3v) is 9.73. The van der Waals surface area contributed by atoms with E-state index in [1.54, 1.807) is 0 Å². The molecular formula is C45H30N4. The zero-order valence-corrected chi connectivity index (χ0v) is 26.6. The first-order valence-corrected chi connectivity index (χ1v) is 16.6. The van der Waals surface area contributed by atoms with Crippen LogP contribution in [0.15, 0.2) is 182 Å². The molecule has 0 N–H and O–H groups in total. The molecule has 0 aliphatic rings. The first-order chi connectivity index (χ1) is 24.3. The molecular weight excluding hydrogens is 597 g/mol. The van der Waals surface area contributed by atoms with E-state index in [2.05, 4.69) is 190 Å². The highest BCUT2D eigenvalue weighted by Gasteiger charge is 2.25. The first-order valence-electron chi connectivity index (χ1n) is 16.6. The molecule has 230 valence electrons. The van der Waals surface area contributed by atoms with Crippen molar-refractivity contribution in [1.29, 1.82) is 0 Å². The quantitative estimate of drug-likeness (QED) is 0.187. The molecule has 0 unspecified atom stereocenters. The average molecular weight is 627 g/mol. The third-order valence-electron chi connectivity index (χ3n) is 9.73. The highest BCUT2D eigenvalue weighted by atomic mass is 15.1. The second-order valence-electron chi connectivity index (χ2n) is 12.5. The van der Waals surface area contributed by atoms with Gasteiger partial charge in [0.1, 0.15) is 5.82 Å². The van der Waals surface area contributed by atoms with Crippen LogP contribution in [0, 0.1) is 0 Å². The van der Waals surface area contributed by atoms with E-state index in [0.29, 0.717) is 0 Å². The van der Waals surface area contributed by atoms with E-state index >= 15 is 0 Å². The Morgan fingerprint density at radius 2 is 0.755 bits per heavy atom. The number of rotatable bonds is 5. The smallest absolute Gasteiger partial charge is 0.144 e. The fraction of sp³-hybridized carbons (Fsp3) is 0. The van der Waals surface area contributed by atoms with Crippen molar-refractivity contribution in [3.8, 4) is 39.6 Å². The highest BCUT2D eigenvalue weighted by Crippen LogP contribution is 2.42. The third kappa shape index (κ3) is 4.21. The zero-order valence-electron chi connectivity index (χ0n) is 26.6. The van der Waals surface area contributed by atoms with E-state index in [1.165, 1.54) is 21.5 Å². The van der Waals surface area contributed by atoms with Crippen molar-refractivity contribution >= 4 is 43.6 Å². The summed E-state index contributed by atoms with van der Waals surface area (Å²) in [6.45, 7) is 0. The summed E-state index contributed by atoms with van der Waals surface area (Å²) in [5.41, 5.74) is 11.2. The predicted molar refractivity (Wildman–Crippen MR) is 203 cm³/mol. The summed E-state index contributed by atoms with van der Waals surface area (Å²) in [4.78, 5) is 4.98. The molecule has 7 aromatic carbocycles. The summed E-state index contributed by atoms with van der Waals surface area (Å²) in [5.74, 6) is 0.886. The van der Waals surface area contributed by atoms with Crippen molar-refractivity contribution in [3.63, 3.8) is 0 Å². The Morgan fingerprint density at radius 3 is 1.20 bits per heavy atom. The number of fused-ring (bicyclic) bond motifs is 6. The van der Waals surface area contributed by atoms with Crippen LogP contribution < -0.4 is 0 Å². The molecule has 0 fully saturated rings. The van der Waals surface area contributed by atoms with Gasteiger partial charge in [0.15, 0.2) is 0 Å². The van der Waals surface area contributed by atoms with Crippen LogP contribution in [0.2, 0.25) is 0 Å². The number of hydrogen-bond donors (Lipinski definition) is 0. The van der Waals surface area contributed by atoms with Crippen LogP contribution in [-0.2, 0) is 0 Å². The molecule has 0 spiro atoms. The maximum Gasteiger partial charge on any atom is 0.144 e. The fourth-order valence-electron chi connectivity index (χ4n) is 7.64. The number of hydrogen-bond acceptors (Lipinski definition) is 1. The molecule has 0 radical (unpaired) electrons. The molecule has 4 heteroatoms. The Kier molecular flexibility index (Phi) is 6.15. The molecule has 3 aromatic heterocycles. The Bertz CT molecular complexity index is 2580. The van der Waals surface area contributed by atoms with Gasteiger partial charge in [-0.2, -0.15) is 0 Å². The van der Waals surface area contributed by atoms with E-state index < -0.39 is 0 Å². The van der Waals surface area contributed by atoms with Crippen LogP contribution in [0.1, 0.15) is 0 Å². The van der Waals surface area contributed by atoms with Gasteiger partial charge in [-0.25, -0.2) is 4.98 Å². The zero-order chi connectivity index (χ0) is 32.3. The lowest BCUT2D eigenvalue weighted by Gasteiger charge is -2.23. The normalized spacial score (nSPS) is 11.7. The maximum absolute atomic E-state index is 4.98. The summed E-state index contributed by atoms with van der Waals surface area (Å²) in [6.07, 6.45) is 4.02. The SMILES string of the molecule is c1ccc(-c2cc(-n3c4ccccc4c4ccccc43)c(-n3ccnc3-c3ccccc3)c(-n3c4ccccc4c4ccccc43)c2)cc1. The summed E-state index contributed by atoms with van der Waals surface area (Å²) in [5, 5.41) is 4.89. The number of aromatic nitrogens is 4. The molecule has 4 nitrogen and oxygen atoms in total. The second-order valence-corrected chi connectivity index (χ2v) is 12.5. The van der Waals surface area contributed by atoms with Gasteiger partial charge in [0.2, 0.25) is 0 Å². The van der Waals surface area contributed by atoms with Gasteiger partial charge in [-0.3, -0.25) is 4.57 Å². The molecule has 3 heterocycles. The van der Waals surface area contributed by atoms with Gasteiger partial charge in [0.25, 0.3) is 0 Å². The summed E-state index contributed by atoms with van der Waals surface area (Å²) in [7, 11) is 0. The van der Waals surface area contributed by atoms with Crippen molar-refractivity contribution in [2.45, 2.75) is 0 Å². The van der Waals surface area contributed by atoms with Gasteiger partial charge in [-0.1, -0.05) is 133 Å². The van der Waals surface area contributed by atoms with Crippen LogP contribution in [-0.4, -0.2) is 18.7 Å². The van der Waals surface area contributed by atoms with Crippen molar-refractivity contribution in [1.82, 2.24) is 18.7 Å². The molecule has 49 heavy (non-hydrogen) atoms. The van der Waals surface area contributed by atoms with Crippen LogP contribution in [0.5, 0.6) is 0 Å². The lowest BCUT2D eigenvalue weighted by molar-refractivity contribution is 1.00. The monoisotopic (exact) mass is 626 g/mol. The van der Waals surface area contributed by atoms with Crippen LogP contribution in [0.3, 0.4) is 0 Å². The minimum atomic E-state index is 0.886. The first kappa shape index (κ1) is 27.5. The topological polar surface area (TPSA) is 27.7 Å². The van der Waals surface area contributed by atoms with Gasteiger partial charge in [0, 0.05) is 39.5 Å². The fourth-order valence-corrected chi connectivity index (χ4v) is 7.64. The average Bonchev–Trinajstić information content (AvgIpc) is 3.88. The summed E-state index contributed by atoms with van der Waals surface area (Å²) >= 11 is 0. The molecule has 0 atom stereocenters. The van der Waals surface area contributed by atoms with E-state index in [4.69, 9.17) is 4.98 Å². The van der Waals surface area contributed by atoms with Crippen molar-refractivity contribution in [2.75, 3.05) is 0 Å². The van der Waals surface area contributed by atoms with E-state index in [0.717, 1.165) is 61.6 Å². The number of nitrogens with zero attached hydrogens (tertiary/aromatic N) is 4. The van der Waals surface area contributed by atoms with Crippen molar-refractivity contribution in [3.05, 3.63) is 182 Å². The van der Waals surface area contributed by atoms with Crippen LogP contribution in [0.4, 0.5) is 0 Å². The molecule has 0 aliphatic heterocycles. The van der Waals surface area contributed by atoms with E-state index in [-0.39, 0.29) is 0 Å². The summed E-state index contributed by atoms with van der Waals surface area (Å²) < 4.78 is 7.17. The molecule has 10 rings (SSSR count). The molecule has 0 amide bonds. The second kappa shape index (κ2) is 11.0. The van der Waals surface area contributed by atoms with Crippen LogP contribution >= 0.6 is 0 Å². The molecule has 10 aromatic rings. The predicted octanol–water partition coefficient (Wildman–Crippen LogP) is 11.4. The Labute approximate surface area is 283 Å². The number of imidazole rings is 1. The molecule has 0 saturated heterocycles. The minimum Gasteiger partial charge on any atom is -0.307 e. The standard InChI is InChI=1S/C45H30N4/c1-3-15-31(16-4-1)33-29-42(48-38-23-11-7-19-34(38)35-20-8-12-24-39(35)48)44(47-28-27-46-45(47)32-17-5-2-6-18-32)43(30-33)49-40-25-13-9-21-36(40)37-22-10-14-26-41(37)49/h1-30H. The van der Waals surface area contributed by atoms with Crippen molar-refractivity contribution < 1.29 is 0 Å². The lowest BCUT2D eigenvalue weighted by Crippen LogP contribution is -2.10. The van der Waals surface area contributed by atoms with Gasteiger partial charge in [0.05, 0.1) is 39.1 Å². The largest absolute Gasteiger partial charge is 0.307 e. The van der Waals surface area contributed by atoms with Gasteiger partial charge in [-0.15, -0.1) is 0 Å².